The summed E-state index contributed by atoms with van der Waals surface area (Å²) in [5, 5.41) is 0. The van der Waals surface area contributed by atoms with Crippen molar-refractivity contribution in [1.29, 1.82) is 0 Å². The molecule has 0 bridgehead atoms. The fourth-order valence-corrected chi connectivity index (χ4v) is 11.7. The van der Waals surface area contributed by atoms with Crippen LogP contribution in [0.2, 0.25) is 23.2 Å². The molecule has 0 aromatic rings. The molecule has 0 aromatic heterocycles. The lowest BCUT2D eigenvalue weighted by Gasteiger charge is -2.47. The zero-order chi connectivity index (χ0) is 15.3. The Morgan fingerprint density at radius 1 is 0.714 bits per heavy atom. The molecule has 0 atom stereocenters. The second-order valence-electron chi connectivity index (χ2n) is 7.21. The van der Waals surface area contributed by atoms with E-state index in [1.807, 2.05) is 0 Å². The van der Waals surface area contributed by atoms with Crippen LogP contribution < -0.4 is 0 Å². The molecule has 21 heavy (non-hydrogen) atoms. The van der Waals surface area contributed by atoms with E-state index in [9.17, 15) is 0 Å². The molecule has 0 aromatic carbocycles. The summed E-state index contributed by atoms with van der Waals surface area (Å²) in [7, 11) is -1.23. The standard InChI is InChI=1S/C18H30N2Si/c1-5-21(6-2,17-11-7-15(19-3)8-12-17)18-13-9-16(20-4)10-14-18/h15-18H,5-14H2,1-2H3. The van der Waals surface area contributed by atoms with Gasteiger partial charge in [-0.25, -0.2) is 13.1 Å². The first kappa shape index (κ1) is 16.6. The molecule has 0 aliphatic heterocycles. The average molecular weight is 303 g/mol. The van der Waals surface area contributed by atoms with E-state index in [1.165, 1.54) is 37.8 Å². The highest BCUT2D eigenvalue weighted by Crippen LogP contribution is 2.52. The Balaban J connectivity index is 2.07. The molecular formula is C18H30N2Si. The zero-order valence-electron chi connectivity index (χ0n) is 13.8. The van der Waals surface area contributed by atoms with E-state index in [0.29, 0.717) is 12.1 Å². The van der Waals surface area contributed by atoms with Gasteiger partial charge >= 0.3 is 0 Å². The van der Waals surface area contributed by atoms with Crippen molar-refractivity contribution in [3.63, 3.8) is 0 Å². The first-order valence-corrected chi connectivity index (χ1v) is 11.5. The molecule has 0 unspecified atom stereocenters. The normalized spacial score (nSPS) is 33.9. The number of hydrogen-bond donors (Lipinski definition) is 0. The van der Waals surface area contributed by atoms with Crippen molar-refractivity contribution < 1.29 is 0 Å². The van der Waals surface area contributed by atoms with E-state index in [0.717, 1.165) is 36.8 Å². The minimum Gasteiger partial charge on any atom is -0.314 e. The zero-order valence-corrected chi connectivity index (χ0v) is 14.8. The smallest absolute Gasteiger partial charge is 0.223 e. The summed E-state index contributed by atoms with van der Waals surface area (Å²) in [5.41, 5.74) is 1.92. The van der Waals surface area contributed by atoms with Gasteiger partial charge in [-0.1, -0.05) is 25.9 Å². The lowest BCUT2D eigenvalue weighted by molar-refractivity contribution is 0.430. The van der Waals surface area contributed by atoms with Gasteiger partial charge in [-0.2, -0.15) is 0 Å². The largest absolute Gasteiger partial charge is 0.314 e. The number of rotatable bonds is 4. The highest BCUT2D eigenvalue weighted by molar-refractivity contribution is 6.82. The summed E-state index contributed by atoms with van der Waals surface area (Å²) in [6, 6.07) is 3.48. The van der Waals surface area contributed by atoms with Gasteiger partial charge in [0, 0.05) is 25.7 Å². The second-order valence-corrected chi connectivity index (χ2v) is 12.7. The summed E-state index contributed by atoms with van der Waals surface area (Å²) in [4.78, 5) is 7.56. The van der Waals surface area contributed by atoms with Gasteiger partial charge < -0.3 is 9.69 Å². The Morgan fingerprint density at radius 2 is 1.05 bits per heavy atom. The molecule has 2 rings (SSSR count). The van der Waals surface area contributed by atoms with Crippen LogP contribution in [0.4, 0.5) is 0 Å². The van der Waals surface area contributed by atoms with Crippen molar-refractivity contribution in [3.05, 3.63) is 22.8 Å². The molecule has 2 fully saturated rings. The average Bonchev–Trinajstić information content (AvgIpc) is 2.57. The Hall–Kier alpha value is -0.803. The van der Waals surface area contributed by atoms with Crippen LogP contribution in [-0.2, 0) is 0 Å². The minimum absolute atomic E-state index is 0.319. The van der Waals surface area contributed by atoms with Crippen LogP contribution in [0.3, 0.4) is 0 Å². The van der Waals surface area contributed by atoms with E-state index < -0.39 is 8.07 Å². The summed E-state index contributed by atoms with van der Waals surface area (Å²) in [6.07, 6.45) is 9.90. The van der Waals surface area contributed by atoms with E-state index in [-0.39, 0.29) is 0 Å². The first-order valence-electron chi connectivity index (χ1n) is 8.93. The van der Waals surface area contributed by atoms with E-state index in [4.69, 9.17) is 13.1 Å². The van der Waals surface area contributed by atoms with Crippen LogP contribution in [0.1, 0.15) is 65.2 Å². The molecule has 0 radical (unpaired) electrons. The van der Waals surface area contributed by atoms with Crippen LogP contribution in [0, 0.1) is 13.1 Å². The van der Waals surface area contributed by atoms with E-state index >= 15 is 0 Å². The lowest BCUT2D eigenvalue weighted by Crippen LogP contribution is -2.46. The molecule has 0 N–H and O–H groups in total. The van der Waals surface area contributed by atoms with Crippen molar-refractivity contribution in [2.24, 2.45) is 0 Å². The number of hydrogen-bond acceptors (Lipinski definition) is 0. The van der Waals surface area contributed by atoms with Crippen molar-refractivity contribution in [3.8, 4) is 0 Å². The van der Waals surface area contributed by atoms with E-state index in [1.54, 1.807) is 0 Å². The van der Waals surface area contributed by atoms with Gasteiger partial charge in [0.2, 0.25) is 12.1 Å². The third kappa shape index (κ3) is 3.35. The van der Waals surface area contributed by atoms with Gasteiger partial charge in [0.1, 0.15) is 0 Å². The lowest BCUT2D eigenvalue weighted by atomic mass is 9.95. The molecule has 0 saturated heterocycles. The molecule has 116 valence electrons. The van der Waals surface area contributed by atoms with Crippen LogP contribution in [-0.4, -0.2) is 20.2 Å². The van der Waals surface area contributed by atoms with Crippen molar-refractivity contribution >= 4 is 8.07 Å². The summed E-state index contributed by atoms with van der Waals surface area (Å²) in [5.74, 6) is 0. The van der Waals surface area contributed by atoms with Crippen LogP contribution in [0.5, 0.6) is 0 Å². The Kier molecular flexibility index (Phi) is 5.88. The SMILES string of the molecule is [C-]#[N+]C1CCC([Si](CC)(CC)C2CCC([N+]#[C-])CC2)CC1. The van der Waals surface area contributed by atoms with Gasteiger partial charge in [0.15, 0.2) is 0 Å². The van der Waals surface area contributed by atoms with Gasteiger partial charge in [-0.05, 0) is 36.8 Å². The molecule has 3 heteroatoms. The maximum atomic E-state index is 7.26. The fraction of sp³-hybridized carbons (Fsp3) is 0.889. The van der Waals surface area contributed by atoms with Crippen LogP contribution in [0.25, 0.3) is 9.69 Å². The van der Waals surface area contributed by atoms with Gasteiger partial charge in [0.25, 0.3) is 0 Å². The topological polar surface area (TPSA) is 8.72 Å². The molecule has 0 amide bonds. The predicted molar refractivity (Wildman–Crippen MR) is 91.9 cm³/mol. The van der Waals surface area contributed by atoms with Crippen LogP contribution in [0.15, 0.2) is 0 Å². The van der Waals surface area contributed by atoms with Crippen LogP contribution >= 0.6 is 0 Å². The maximum absolute atomic E-state index is 7.26. The van der Waals surface area contributed by atoms with Gasteiger partial charge in [-0.3, -0.25) is 0 Å². The summed E-state index contributed by atoms with van der Waals surface area (Å²) in [6.45, 7) is 19.4. The molecule has 0 heterocycles. The minimum atomic E-state index is -1.23. The second kappa shape index (κ2) is 7.46. The van der Waals surface area contributed by atoms with Crippen molar-refractivity contribution in [2.75, 3.05) is 0 Å². The predicted octanol–water partition coefficient (Wildman–Crippen LogP) is 5.94. The molecule has 2 nitrogen and oxygen atoms in total. The van der Waals surface area contributed by atoms with E-state index in [2.05, 4.69) is 23.5 Å². The molecule has 2 saturated carbocycles. The summed E-state index contributed by atoms with van der Waals surface area (Å²) >= 11 is 0. The first-order chi connectivity index (χ1) is 10.2. The van der Waals surface area contributed by atoms with Gasteiger partial charge in [0.05, 0.1) is 8.07 Å². The highest BCUT2D eigenvalue weighted by Gasteiger charge is 2.47. The quantitative estimate of drug-likeness (QED) is 0.449. The third-order valence-corrected chi connectivity index (χ3v) is 13.7. The summed E-state index contributed by atoms with van der Waals surface area (Å²) < 4.78 is 0. The highest BCUT2D eigenvalue weighted by atomic mass is 28.3. The molecular weight excluding hydrogens is 272 g/mol. The molecule has 2 aliphatic rings. The molecule has 0 spiro atoms. The maximum Gasteiger partial charge on any atom is 0.223 e. The van der Waals surface area contributed by atoms with Crippen molar-refractivity contribution in [2.45, 2.75) is 100 Å². The van der Waals surface area contributed by atoms with Gasteiger partial charge in [-0.15, -0.1) is 0 Å². The molecule has 2 aliphatic carbocycles. The Labute approximate surface area is 132 Å². The van der Waals surface area contributed by atoms with Crippen molar-refractivity contribution in [1.82, 2.24) is 0 Å². The monoisotopic (exact) mass is 302 g/mol. The Morgan fingerprint density at radius 3 is 1.29 bits per heavy atom. The third-order valence-electron chi connectivity index (χ3n) is 6.70. The number of nitrogens with zero attached hydrogens (tertiary/aromatic N) is 2. The fourth-order valence-electron chi connectivity index (χ4n) is 5.30. The Bertz CT molecular complexity index is 364.